The zero-order valence-corrected chi connectivity index (χ0v) is 14.5. The lowest BCUT2D eigenvalue weighted by Gasteiger charge is -2.29. The van der Waals surface area contributed by atoms with Gasteiger partial charge in [-0.1, -0.05) is 6.07 Å². The standard InChI is InChI=1S/C17H26N4OS/c22-17(21-10-5-12-23-13-11-21)19-14-15-6-4-7-18-16(15)20-8-2-1-3-9-20/h4,6-7H,1-3,5,8-14H2,(H,19,22). The number of urea groups is 1. The summed E-state index contributed by atoms with van der Waals surface area (Å²) < 4.78 is 0. The Bertz CT molecular complexity index is 511. The molecule has 23 heavy (non-hydrogen) atoms. The van der Waals surface area contributed by atoms with Gasteiger partial charge in [-0.3, -0.25) is 0 Å². The van der Waals surface area contributed by atoms with E-state index in [1.807, 2.05) is 28.9 Å². The molecule has 1 N–H and O–H groups in total. The third-order valence-corrected chi connectivity index (χ3v) is 5.51. The van der Waals surface area contributed by atoms with Gasteiger partial charge in [0.15, 0.2) is 0 Å². The maximum Gasteiger partial charge on any atom is 0.317 e. The van der Waals surface area contributed by atoms with Gasteiger partial charge in [-0.2, -0.15) is 11.8 Å². The van der Waals surface area contributed by atoms with E-state index < -0.39 is 0 Å². The van der Waals surface area contributed by atoms with Gasteiger partial charge in [0.2, 0.25) is 0 Å². The molecule has 2 fully saturated rings. The van der Waals surface area contributed by atoms with Crippen LogP contribution < -0.4 is 10.2 Å². The zero-order chi connectivity index (χ0) is 15.9. The highest BCUT2D eigenvalue weighted by Crippen LogP contribution is 2.21. The highest BCUT2D eigenvalue weighted by atomic mass is 32.2. The summed E-state index contributed by atoms with van der Waals surface area (Å²) in [4.78, 5) is 21.2. The summed E-state index contributed by atoms with van der Waals surface area (Å²) in [5, 5.41) is 3.09. The first-order valence-electron chi connectivity index (χ1n) is 8.64. The number of nitrogens with one attached hydrogen (secondary N) is 1. The maximum atomic E-state index is 12.4. The number of carbonyl (C=O) groups is 1. The first kappa shape index (κ1) is 16.4. The Hall–Kier alpha value is -1.43. The van der Waals surface area contributed by atoms with E-state index in [0.717, 1.165) is 55.5 Å². The van der Waals surface area contributed by atoms with Crippen LogP contribution >= 0.6 is 11.8 Å². The molecule has 2 aliphatic rings. The van der Waals surface area contributed by atoms with E-state index in [2.05, 4.69) is 21.3 Å². The van der Waals surface area contributed by atoms with Gasteiger partial charge in [-0.05, 0) is 37.5 Å². The van der Waals surface area contributed by atoms with Crippen molar-refractivity contribution in [3.05, 3.63) is 23.9 Å². The average Bonchev–Trinajstić information content (AvgIpc) is 2.90. The van der Waals surface area contributed by atoms with Crippen LogP contribution in [-0.2, 0) is 6.54 Å². The van der Waals surface area contributed by atoms with Crippen molar-refractivity contribution in [1.29, 1.82) is 0 Å². The zero-order valence-electron chi connectivity index (χ0n) is 13.7. The molecule has 0 radical (unpaired) electrons. The first-order chi connectivity index (χ1) is 11.3. The molecule has 2 aliphatic heterocycles. The molecule has 3 rings (SSSR count). The number of aromatic nitrogens is 1. The minimum absolute atomic E-state index is 0.0564. The van der Waals surface area contributed by atoms with E-state index in [4.69, 9.17) is 0 Å². The molecule has 2 amide bonds. The lowest BCUT2D eigenvalue weighted by atomic mass is 10.1. The summed E-state index contributed by atoms with van der Waals surface area (Å²) in [5.41, 5.74) is 1.12. The van der Waals surface area contributed by atoms with E-state index in [1.54, 1.807) is 0 Å². The van der Waals surface area contributed by atoms with E-state index >= 15 is 0 Å². The van der Waals surface area contributed by atoms with Crippen LogP contribution in [0.2, 0.25) is 0 Å². The van der Waals surface area contributed by atoms with Gasteiger partial charge in [-0.15, -0.1) is 0 Å². The van der Waals surface area contributed by atoms with E-state index in [-0.39, 0.29) is 6.03 Å². The Kier molecular flexibility index (Phi) is 6.02. The molecular weight excluding hydrogens is 308 g/mol. The number of carbonyl (C=O) groups excluding carboxylic acids is 1. The number of hydrogen-bond acceptors (Lipinski definition) is 4. The van der Waals surface area contributed by atoms with Crippen molar-refractivity contribution < 1.29 is 4.79 Å². The van der Waals surface area contributed by atoms with Crippen molar-refractivity contribution in [2.24, 2.45) is 0 Å². The molecule has 0 atom stereocenters. The minimum atomic E-state index is 0.0564. The summed E-state index contributed by atoms with van der Waals surface area (Å²) in [7, 11) is 0. The third-order valence-electron chi connectivity index (χ3n) is 4.46. The number of nitrogens with zero attached hydrogens (tertiary/aromatic N) is 3. The fraction of sp³-hybridized carbons (Fsp3) is 0.647. The molecule has 1 aromatic heterocycles. The van der Waals surface area contributed by atoms with Gasteiger partial charge >= 0.3 is 6.03 Å². The van der Waals surface area contributed by atoms with Crippen LogP contribution in [0.15, 0.2) is 18.3 Å². The Morgan fingerprint density at radius 3 is 2.87 bits per heavy atom. The normalized spacial score (nSPS) is 19.3. The van der Waals surface area contributed by atoms with Gasteiger partial charge in [0.05, 0.1) is 0 Å². The van der Waals surface area contributed by atoms with Gasteiger partial charge in [-0.25, -0.2) is 9.78 Å². The van der Waals surface area contributed by atoms with Gasteiger partial charge in [0.1, 0.15) is 5.82 Å². The van der Waals surface area contributed by atoms with Crippen molar-refractivity contribution in [2.75, 3.05) is 42.6 Å². The number of thioether (sulfide) groups is 1. The van der Waals surface area contributed by atoms with Crippen LogP contribution in [0.5, 0.6) is 0 Å². The van der Waals surface area contributed by atoms with E-state index in [9.17, 15) is 4.79 Å². The second-order valence-electron chi connectivity index (χ2n) is 6.15. The van der Waals surface area contributed by atoms with Crippen LogP contribution in [0, 0.1) is 0 Å². The predicted molar refractivity (Wildman–Crippen MR) is 96.1 cm³/mol. The molecule has 5 nitrogen and oxygen atoms in total. The molecule has 0 saturated carbocycles. The molecule has 0 aliphatic carbocycles. The lowest BCUT2D eigenvalue weighted by Crippen LogP contribution is -2.41. The molecule has 0 unspecified atom stereocenters. The van der Waals surface area contributed by atoms with E-state index in [0.29, 0.717) is 6.54 Å². The first-order valence-corrected chi connectivity index (χ1v) is 9.79. The smallest absolute Gasteiger partial charge is 0.317 e. The number of hydrogen-bond donors (Lipinski definition) is 1. The van der Waals surface area contributed by atoms with Crippen LogP contribution in [-0.4, -0.2) is 53.6 Å². The van der Waals surface area contributed by atoms with Gasteiger partial charge < -0.3 is 15.1 Å². The van der Waals surface area contributed by atoms with Gasteiger partial charge in [0, 0.05) is 50.2 Å². The summed E-state index contributed by atoms with van der Waals surface area (Å²) in [6, 6.07) is 4.09. The SMILES string of the molecule is O=C(NCc1cccnc1N1CCCCC1)N1CCCSCC1. The number of anilines is 1. The van der Waals surface area contributed by atoms with Crippen LogP contribution in [0.4, 0.5) is 10.6 Å². The van der Waals surface area contributed by atoms with Crippen LogP contribution in [0.3, 0.4) is 0 Å². The number of rotatable bonds is 3. The second-order valence-corrected chi connectivity index (χ2v) is 7.37. The topological polar surface area (TPSA) is 48.5 Å². The van der Waals surface area contributed by atoms with Crippen molar-refractivity contribution in [1.82, 2.24) is 15.2 Å². The lowest BCUT2D eigenvalue weighted by molar-refractivity contribution is 0.201. The molecule has 0 spiro atoms. The molecule has 2 saturated heterocycles. The van der Waals surface area contributed by atoms with Crippen molar-refractivity contribution in [3.8, 4) is 0 Å². The number of piperidine rings is 1. The van der Waals surface area contributed by atoms with Crippen molar-refractivity contribution >= 4 is 23.6 Å². The number of amides is 2. The average molecular weight is 334 g/mol. The van der Waals surface area contributed by atoms with Crippen molar-refractivity contribution in [2.45, 2.75) is 32.2 Å². The second kappa shape index (κ2) is 8.43. The van der Waals surface area contributed by atoms with Gasteiger partial charge in [0.25, 0.3) is 0 Å². The molecule has 126 valence electrons. The Morgan fingerprint density at radius 2 is 2.00 bits per heavy atom. The molecule has 1 aromatic rings. The minimum Gasteiger partial charge on any atom is -0.356 e. The highest BCUT2D eigenvalue weighted by Gasteiger charge is 2.18. The fourth-order valence-electron chi connectivity index (χ4n) is 3.19. The Labute approximate surface area is 142 Å². The molecule has 6 heteroatoms. The molecule has 0 aromatic carbocycles. The monoisotopic (exact) mass is 334 g/mol. The maximum absolute atomic E-state index is 12.4. The Balaban J connectivity index is 1.60. The molecule has 3 heterocycles. The predicted octanol–water partition coefficient (Wildman–Crippen LogP) is 2.72. The quantitative estimate of drug-likeness (QED) is 0.923. The van der Waals surface area contributed by atoms with Crippen molar-refractivity contribution in [3.63, 3.8) is 0 Å². The molecule has 0 bridgehead atoms. The largest absolute Gasteiger partial charge is 0.356 e. The van der Waals surface area contributed by atoms with Crippen LogP contribution in [0.25, 0.3) is 0 Å². The summed E-state index contributed by atoms with van der Waals surface area (Å²) in [6.07, 6.45) is 6.70. The number of pyridine rings is 1. The highest BCUT2D eigenvalue weighted by molar-refractivity contribution is 7.99. The summed E-state index contributed by atoms with van der Waals surface area (Å²) >= 11 is 1.93. The Morgan fingerprint density at radius 1 is 1.13 bits per heavy atom. The molecular formula is C17H26N4OS. The fourth-order valence-corrected chi connectivity index (χ4v) is 4.08. The summed E-state index contributed by atoms with van der Waals surface area (Å²) in [6.45, 7) is 4.41. The van der Waals surface area contributed by atoms with E-state index in [1.165, 1.54) is 19.3 Å². The summed E-state index contributed by atoms with van der Waals surface area (Å²) in [5.74, 6) is 3.24. The van der Waals surface area contributed by atoms with Crippen LogP contribution in [0.1, 0.15) is 31.2 Å². The third kappa shape index (κ3) is 4.53.